The predicted molar refractivity (Wildman–Crippen MR) is 85.3 cm³/mol. The Morgan fingerprint density at radius 1 is 1.00 bits per heavy atom. The smallest absolute Gasteiger partial charge is 0.196 e. The van der Waals surface area contributed by atoms with E-state index in [0.717, 1.165) is 26.5 Å². The van der Waals surface area contributed by atoms with Crippen molar-refractivity contribution in [3.8, 4) is 0 Å². The van der Waals surface area contributed by atoms with Crippen LogP contribution < -0.4 is 0 Å². The quantitative estimate of drug-likeness (QED) is 0.675. The van der Waals surface area contributed by atoms with Crippen molar-refractivity contribution < 1.29 is 4.79 Å². The Bertz CT molecular complexity index is 817. The summed E-state index contributed by atoms with van der Waals surface area (Å²) in [7, 11) is 0. The van der Waals surface area contributed by atoms with E-state index in [1.807, 2.05) is 50.2 Å². The van der Waals surface area contributed by atoms with Gasteiger partial charge in [-0.1, -0.05) is 33.6 Å². The number of H-pyrrole nitrogens is 1. The van der Waals surface area contributed by atoms with Crippen molar-refractivity contribution in [2.75, 3.05) is 0 Å². The topological polar surface area (TPSA) is 32.9 Å². The number of hydrogen-bond acceptors (Lipinski definition) is 1. The van der Waals surface area contributed by atoms with E-state index in [-0.39, 0.29) is 5.78 Å². The van der Waals surface area contributed by atoms with Gasteiger partial charge in [0.15, 0.2) is 5.78 Å². The summed E-state index contributed by atoms with van der Waals surface area (Å²) in [6.45, 7) is 4.04. The van der Waals surface area contributed by atoms with Crippen LogP contribution in [0.25, 0.3) is 10.9 Å². The fourth-order valence-corrected chi connectivity index (χ4v) is 3.05. The van der Waals surface area contributed by atoms with Gasteiger partial charge in [-0.25, -0.2) is 0 Å². The summed E-state index contributed by atoms with van der Waals surface area (Å²) in [6.07, 6.45) is 1.79. The largest absolute Gasteiger partial charge is 0.360 e. The van der Waals surface area contributed by atoms with E-state index in [2.05, 4.69) is 20.9 Å². The molecule has 0 aliphatic rings. The Kier molecular flexibility index (Phi) is 3.22. The zero-order chi connectivity index (χ0) is 14.3. The van der Waals surface area contributed by atoms with Gasteiger partial charge in [0.05, 0.1) is 0 Å². The fourth-order valence-electron chi connectivity index (χ4n) is 2.37. The Hall–Kier alpha value is -1.87. The monoisotopic (exact) mass is 327 g/mol. The zero-order valence-electron chi connectivity index (χ0n) is 11.3. The molecule has 0 spiro atoms. The molecule has 0 aliphatic carbocycles. The van der Waals surface area contributed by atoms with Crippen LogP contribution >= 0.6 is 15.9 Å². The molecule has 3 aromatic rings. The minimum Gasteiger partial charge on any atom is -0.360 e. The number of rotatable bonds is 2. The molecule has 1 heterocycles. The van der Waals surface area contributed by atoms with E-state index in [4.69, 9.17) is 0 Å². The summed E-state index contributed by atoms with van der Waals surface area (Å²) >= 11 is 3.48. The van der Waals surface area contributed by atoms with Gasteiger partial charge in [0, 0.05) is 32.7 Å². The predicted octanol–water partition coefficient (Wildman–Crippen LogP) is 4.78. The van der Waals surface area contributed by atoms with E-state index < -0.39 is 0 Å². The summed E-state index contributed by atoms with van der Waals surface area (Å²) in [5.41, 5.74) is 4.67. The third-order valence-corrected chi connectivity index (χ3v) is 4.11. The minimum atomic E-state index is 0.0359. The van der Waals surface area contributed by atoms with Gasteiger partial charge in [0.2, 0.25) is 0 Å². The summed E-state index contributed by atoms with van der Waals surface area (Å²) in [4.78, 5) is 15.9. The highest BCUT2D eigenvalue weighted by Gasteiger charge is 2.16. The number of hydrogen-bond donors (Lipinski definition) is 1. The highest BCUT2D eigenvalue weighted by Crippen LogP contribution is 2.26. The first kappa shape index (κ1) is 13.1. The van der Waals surface area contributed by atoms with Crippen molar-refractivity contribution >= 4 is 32.6 Å². The summed E-state index contributed by atoms with van der Waals surface area (Å²) in [5.74, 6) is 0.0359. The minimum absolute atomic E-state index is 0.0359. The van der Waals surface area contributed by atoms with Gasteiger partial charge in [-0.2, -0.15) is 0 Å². The SMILES string of the molecule is Cc1ccc(C(=O)c2c[nH]c3ccc(C)cc23)c(Br)c1. The first-order valence-electron chi connectivity index (χ1n) is 6.45. The molecule has 2 aromatic carbocycles. The highest BCUT2D eigenvalue weighted by atomic mass is 79.9. The van der Waals surface area contributed by atoms with Crippen molar-refractivity contribution in [3.05, 3.63) is 69.3 Å². The van der Waals surface area contributed by atoms with E-state index in [9.17, 15) is 4.79 Å². The Balaban J connectivity index is 2.15. The number of aryl methyl sites for hydroxylation is 2. The number of carbonyl (C=O) groups is 1. The van der Waals surface area contributed by atoms with Crippen molar-refractivity contribution in [1.29, 1.82) is 0 Å². The number of carbonyl (C=O) groups excluding carboxylic acids is 1. The van der Waals surface area contributed by atoms with Crippen LogP contribution in [0.1, 0.15) is 27.0 Å². The van der Waals surface area contributed by atoms with Gasteiger partial charge in [0.25, 0.3) is 0 Å². The number of halogens is 1. The molecule has 3 heteroatoms. The molecular formula is C17H14BrNO. The molecule has 0 amide bonds. The molecule has 0 saturated carbocycles. The first-order valence-corrected chi connectivity index (χ1v) is 7.24. The van der Waals surface area contributed by atoms with E-state index in [1.54, 1.807) is 6.20 Å². The molecule has 100 valence electrons. The van der Waals surface area contributed by atoms with Crippen LogP contribution in [0.5, 0.6) is 0 Å². The maximum Gasteiger partial charge on any atom is 0.196 e. The zero-order valence-corrected chi connectivity index (χ0v) is 12.9. The third-order valence-electron chi connectivity index (χ3n) is 3.45. The van der Waals surface area contributed by atoms with Gasteiger partial charge in [-0.3, -0.25) is 4.79 Å². The Morgan fingerprint density at radius 2 is 1.70 bits per heavy atom. The average molecular weight is 328 g/mol. The molecule has 2 nitrogen and oxygen atoms in total. The van der Waals surface area contributed by atoms with Crippen LogP contribution in [-0.2, 0) is 0 Å². The third kappa shape index (κ3) is 2.18. The lowest BCUT2D eigenvalue weighted by atomic mass is 10.0. The number of aromatic nitrogens is 1. The number of benzene rings is 2. The maximum absolute atomic E-state index is 12.7. The molecular weight excluding hydrogens is 314 g/mol. The summed E-state index contributed by atoms with van der Waals surface area (Å²) < 4.78 is 0.838. The normalized spacial score (nSPS) is 10.9. The molecule has 0 fully saturated rings. The lowest BCUT2D eigenvalue weighted by molar-refractivity contribution is 0.103. The number of ketones is 1. The second-order valence-corrected chi connectivity index (χ2v) is 5.92. The van der Waals surface area contributed by atoms with Crippen LogP contribution in [-0.4, -0.2) is 10.8 Å². The van der Waals surface area contributed by atoms with Crippen molar-refractivity contribution in [2.45, 2.75) is 13.8 Å². The molecule has 0 bridgehead atoms. The van der Waals surface area contributed by atoms with Crippen LogP contribution in [0.3, 0.4) is 0 Å². The van der Waals surface area contributed by atoms with E-state index in [1.165, 1.54) is 0 Å². The lowest BCUT2D eigenvalue weighted by Crippen LogP contribution is -2.01. The van der Waals surface area contributed by atoms with Gasteiger partial charge in [0.1, 0.15) is 0 Å². The Labute approximate surface area is 126 Å². The number of aromatic amines is 1. The second-order valence-electron chi connectivity index (χ2n) is 5.06. The molecule has 0 saturated heterocycles. The summed E-state index contributed by atoms with van der Waals surface area (Å²) in [5, 5.41) is 0.975. The van der Waals surface area contributed by atoms with E-state index >= 15 is 0 Å². The van der Waals surface area contributed by atoms with Gasteiger partial charge in [-0.05, 0) is 43.7 Å². The van der Waals surface area contributed by atoms with E-state index in [0.29, 0.717) is 11.1 Å². The number of nitrogens with one attached hydrogen (secondary N) is 1. The van der Waals surface area contributed by atoms with Crippen LogP contribution in [0, 0.1) is 13.8 Å². The van der Waals surface area contributed by atoms with Crippen molar-refractivity contribution in [3.63, 3.8) is 0 Å². The molecule has 0 aliphatic heterocycles. The molecule has 1 aromatic heterocycles. The van der Waals surface area contributed by atoms with Crippen LogP contribution in [0.4, 0.5) is 0 Å². The standard InChI is InChI=1S/C17H14BrNO/c1-10-4-6-16-13(7-10)14(9-19-16)17(20)12-5-3-11(2)8-15(12)18/h3-9,19H,1-2H3. The van der Waals surface area contributed by atoms with Gasteiger partial charge in [-0.15, -0.1) is 0 Å². The second kappa shape index (κ2) is 4.91. The van der Waals surface area contributed by atoms with Gasteiger partial charge >= 0.3 is 0 Å². The lowest BCUT2D eigenvalue weighted by Gasteiger charge is -2.04. The first-order chi connectivity index (χ1) is 9.56. The maximum atomic E-state index is 12.7. The molecule has 20 heavy (non-hydrogen) atoms. The molecule has 3 rings (SSSR count). The van der Waals surface area contributed by atoms with Gasteiger partial charge < -0.3 is 4.98 Å². The van der Waals surface area contributed by atoms with Crippen molar-refractivity contribution in [1.82, 2.24) is 4.98 Å². The summed E-state index contributed by atoms with van der Waals surface area (Å²) in [6, 6.07) is 11.9. The van der Waals surface area contributed by atoms with Crippen LogP contribution in [0.2, 0.25) is 0 Å². The fraction of sp³-hybridized carbons (Fsp3) is 0.118. The number of fused-ring (bicyclic) bond motifs is 1. The molecule has 0 radical (unpaired) electrons. The molecule has 0 atom stereocenters. The molecule has 1 N–H and O–H groups in total. The van der Waals surface area contributed by atoms with Crippen molar-refractivity contribution in [2.24, 2.45) is 0 Å². The average Bonchev–Trinajstić information content (AvgIpc) is 2.81. The molecule has 0 unspecified atom stereocenters. The Morgan fingerprint density at radius 3 is 2.45 bits per heavy atom. The van der Waals surface area contributed by atoms with Crippen LogP contribution in [0.15, 0.2) is 47.1 Å². The highest BCUT2D eigenvalue weighted by molar-refractivity contribution is 9.10.